The number of carbonyl (C=O) groups is 1. The molecule has 30 heavy (non-hydrogen) atoms. The SMILES string of the molecule is Cc1ccc(-n2nc3c(c2NC(=O)c2ccc4ccccc4c2)CS(=O)C3)c(C)c1. The van der Waals surface area contributed by atoms with Gasteiger partial charge in [-0.3, -0.25) is 9.00 Å². The van der Waals surface area contributed by atoms with Crippen LogP contribution in [0.3, 0.4) is 0 Å². The first-order valence-corrected chi connectivity index (χ1v) is 11.3. The molecule has 1 N–H and O–H groups in total. The molecule has 3 aromatic carbocycles. The van der Waals surface area contributed by atoms with Gasteiger partial charge in [-0.05, 0) is 48.4 Å². The van der Waals surface area contributed by atoms with Crippen molar-refractivity contribution in [3.8, 4) is 5.69 Å². The fraction of sp³-hybridized carbons (Fsp3) is 0.167. The van der Waals surface area contributed by atoms with E-state index in [9.17, 15) is 9.00 Å². The molecular weight excluding hydrogens is 394 g/mol. The number of rotatable bonds is 3. The first-order valence-electron chi connectivity index (χ1n) is 9.83. The Morgan fingerprint density at radius 3 is 2.60 bits per heavy atom. The minimum atomic E-state index is -0.977. The summed E-state index contributed by atoms with van der Waals surface area (Å²) < 4.78 is 13.9. The highest BCUT2D eigenvalue weighted by molar-refractivity contribution is 7.83. The van der Waals surface area contributed by atoms with Gasteiger partial charge in [0, 0.05) is 21.9 Å². The maximum Gasteiger partial charge on any atom is 0.256 e. The number of nitrogens with one attached hydrogen (secondary N) is 1. The number of benzene rings is 3. The fourth-order valence-electron chi connectivity index (χ4n) is 3.98. The lowest BCUT2D eigenvalue weighted by Gasteiger charge is -2.14. The number of anilines is 1. The minimum Gasteiger partial charge on any atom is -0.306 e. The van der Waals surface area contributed by atoms with Crippen molar-refractivity contribution in [3.63, 3.8) is 0 Å². The van der Waals surface area contributed by atoms with Crippen molar-refractivity contribution < 1.29 is 9.00 Å². The molecule has 0 aliphatic carbocycles. The summed E-state index contributed by atoms with van der Waals surface area (Å²) >= 11 is 0. The van der Waals surface area contributed by atoms with Crippen molar-refractivity contribution in [2.45, 2.75) is 25.4 Å². The van der Waals surface area contributed by atoms with E-state index in [1.807, 2.05) is 68.4 Å². The zero-order valence-corrected chi connectivity index (χ0v) is 17.6. The quantitative estimate of drug-likeness (QED) is 0.529. The molecule has 0 saturated heterocycles. The number of aromatic nitrogens is 2. The number of amides is 1. The Hall–Kier alpha value is -3.25. The third-order valence-electron chi connectivity index (χ3n) is 5.49. The van der Waals surface area contributed by atoms with E-state index in [0.29, 0.717) is 22.9 Å². The van der Waals surface area contributed by atoms with E-state index < -0.39 is 10.8 Å². The molecule has 0 saturated carbocycles. The summed E-state index contributed by atoms with van der Waals surface area (Å²) in [6.45, 7) is 4.08. The lowest BCUT2D eigenvalue weighted by atomic mass is 10.1. The molecule has 0 bridgehead atoms. The van der Waals surface area contributed by atoms with Crippen molar-refractivity contribution in [2.24, 2.45) is 0 Å². The average Bonchev–Trinajstić information content (AvgIpc) is 3.24. The van der Waals surface area contributed by atoms with Gasteiger partial charge in [0.15, 0.2) is 0 Å². The highest BCUT2D eigenvalue weighted by Crippen LogP contribution is 2.32. The summed E-state index contributed by atoms with van der Waals surface area (Å²) in [4.78, 5) is 13.1. The van der Waals surface area contributed by atoms with Gasteiger partial charge < -0.3 is 5.32 Å². The minimum absolute atomic E-state index is 0.202. The summed E-state index contributed by atoms with van der Waals surface area (Å²) in [7, 11) is -0.977. The van der Waals surface area contributed by atoms with Gasteiger partial charge >= 0.3 is 0 Å². The molecule has 2 heterocycles. The largest absolute Gasteiger partial charge is 0.306 e. The molecule has 1 aromatic heterocycles. The van der Waals surface area contributed by atoms with Crippen LogP contribution in [-0.4, -0.2) is 19.9 Å². The van der Waals surface area contributed by atoms with Gasteiger partial charge in [0.1, 0.15) is 5.82 Å². The van der Waals surface area contributed by atoms with Crippen molar-refractivity contribution >= 4 is 33.3 Å². The second kappa shape index (κ2) is 7.22. The molecule has 0 spiro atoms. The molecule has 1 unspecified atom stereocenters. The van der Waals surface area contributed by atoms with Gasteiger partial charge in [0.2, 0.25) is 0 Å². The summed E-state index contributed by atoms with van der Waals surface area (Å²) in [5.41, 5.74) is 5.38. The second-order valence-electron chi connectivity index (χ2n) is 7.72. The molecule has 1 amide bonds. The van der Waals surface area contributed by atoms with E-state index in [0.717, 1.165) is 33.3 Å². The lowest BCUT2D eigenvalue weighted by Crippen LogP contribution is -2.17. The predicted octanol–water partition coefficient (Wildman–Crippen LogP) is 4.66. The Labute approximate surface area is 177 Å². The lowest BCUT2D eigenvalue weighted by molar-refractivity contribution is 0.102. The predicted molar refractivity (Wildman–Crippen MR) is 120 cm³/mol. The normalized spacial score (nSPS) is 15.3. The zero-order valence-electron chi connectivity index (χ0n) is 16.8. The number of fused-ring (bicyclic) bond motifs is 2. The van der Waals surface area contributed by atoms with Gasteiger partial charge in [-0.1, -0.05) is 48.0 Å². The van der Waals surface area contributed by atoms with Crippen LogP contribution in [0.25, 0.3) is 16.5 Å². The topological polar surface area (TPSA) is 64.0 Å². The van der Waals surface area contributed by atoms with Gasteiger partial charge in [0.05, 0.1) is 22.9 Å². The number of nitrogens with zero attached hydrogens (tertiary/aromatic N) is 2. The maximum atomic E-state index is 13.1. The highest BCUT2D eigenvalue weighted by atomic mass is 32.2. The van der Waals surface area contributed by atoms with E-state index in [1.54, 1.807) is 4.68 Å². The van der Waals surface area contributed by atoms with E-state index in [4.69, 9.17) is 5.10 Å². The van der Waals surface area contributed by atoms with Crippen LogP contribution in [0.5, 0.6) is 0 Å². The van der Waals surface area contributed by atoms with Gasteiger partial charge in [-0.15, -0.1) is 0 Å². The van der Waals surface area contributed by atoms with Crippen LogP contribution >= 0.6 is 0 Å². The van der Waals surface area contributed by atoms with E-state index in [1.165, 1.54) is 5.56 Å². The van der Waals surface area contributed by atoms with Gasteiger partial charge in [0.25, 0.3) is 5.91 Å². The molecule has 4 aromatic rings. The molecule has 6 heteroatoms. The fourth-order valence-corrected chi connectivity index (χ4v) is 5.25. The first kappa shape index (κ1) is 18.8. The third kappa shape index (κ3) is 3.23. The monoisotopic (exact) mass is 415 g/mol. The van der Waals surface area contributed by atoms with Crippen molar-refractivity contribution in [1.82, 2.24) is 9.78 Å². The Kier molecular flexibility index (Phi) is 4.51. The number of carbonyl (C=O) groups excluding carboxylic acids is 1. The van der Waals surface area contributed by atoms with Crippen LogP contribution in [0, 0.1) is 13.8 Å². The van der Waals surface area contributed by atoms with Crippen molar-refractivity contribution in [2.75, 3.05) is 5.32 Å². The molecule has 0 radical (unpaired) electrons. The third-order valence-corrected chi connectivity index (χ3v) is 6.70. The maximum absolute atomic E-state index is 13.1. The van der Waals surface area contributed by atoms with Gasteiger partial charge in [-0.25, -0.2) is 4.68 Å². The summed E-state index contributed by atoms with van der Waals surface area (Å²) in [5.74, 6) is 1.24. The standard InChI is InChI=1S/C24H21N3O2S/c1-15-7-10-22(16(2)11-15)27-23(20-13-30(29)14-21(20)26-27)25-24(28)19-9-8-17-5-3-4-6-18(17)12-19/h3-12H,13-14H2,1-2H3,(H,25,28). The highest BCUT2D eigenvalue weighted by Gasteiger charge is 2.29. The summed E-state index contributed by atoms with van der Waals surface area (Å²) in [6, 6.07) is 19.8. The number of hydrogen-bond donors (Lipinski definition) is 1. The Morgan fingerprint density at radius 2 is 1.80 bits per heavy atom. The molecule has 0 fully saturated rings. The van der Waals surface area contributed by atoms with Crippen LogP contribution in [0.4, 0.5) is 5.82 Å². The average molecular weight is 416 g/mol. The molecular formula is C24H21N3O2S. The van der Waals surface area contributed by atoms with Crippen LogP contribution in [-0.2, 0) is 22.3 Å². The van der Waals surface area contributed by atoms with Crippen molar-refractivity contribution in [1.29, 1.82) is 0 Å². The van der Waals surface area contributed by atoms with Gasteiger partial charge in [-0.2, -0.15) is 5.10 Å². The molecule has 1 aliphatic rings. The van der Waals surface area contributed by atoms with Crippen LogP contribution in [0.2, 0.25) is 0 Å². The Bertz CT molecular complexity index is 1340. The second-order valence-corrected chi connectivity index (χ2v) is 9.18. The van der Waals surface area contributed by atoms with Crippen molar-refractivity contribution in [3.05, 3.63) is 88.6 Å². The molecule has 150 valence electrons. The molecule has 1 atom stereocenters. The molecule has 1 aliphatic heterocycles. The number of aryl methyl sites for hydroxylation is 2. The first-order chi connectivity index (χ1) is 14.5. The molecule has 5 rings (SSSR count). The Morgan fingerprint density at radius 1 is 1.00 bits per heavy atom. The van der Waals surface area contributed by atoms with Crippen LogP contribution in [0.1, 0.15) is 32.7 Å². The summed E-state index contributed by atoms with van der Waals surface area (Å²) in [6.07, 6.45) is 0. The Balaban J connectivity index is 1.57. The molecule has 5 nitrogen and oxygen atoms in total. The number of hydrogen-bond acceptors (Lipinski definition) is 3. The summed E-state index contributed by atoms with van der Waals surface area (Å²) in [5, 5.41) is 9.87. The van der Waals surface area contributed by atoms with Crippen LogP contribution in [0.15, 0.2) is 60.7 Å². The van der Waals surface area contributed by atoms with E-state index in [-0.39, 0.29) is 5.91 Å². The smallest absolute Gasteiger partial charge is 0.256 e. The van der Waals surface area contributed by atoms with E-state index >= 15 is 0 Å². The zero-order chi connectivity index (χ0) is 20.8. The van der Waals surface area contributed by atoms with E-state index in [2.05, 4.69) is 11.4 Å². The van der Waals surface area contributed by atoms with Crippen LogP contribution < -0.4 is 5.32 Å².